The first-order valence-corrected chi connectivity index (χ1v) is 13.0. The molecule has 9 nitrogen and oxygen atoms in total. The van der Waals surface area contributed by atoms with Crippen LogP contribution in [0.25, 0.3) is 0 Å². The van der Waals surface area contributed by atoms with Crippen LogP contribution < -0.4 is 0 Å². The van der Waals surface area contributed by atoms with E-state index in [1.165, 1.54) is 22.3 Å². The Morgan fingerprint density at radius 2 is 1.87 bits per heavy atom. The molecule has 0 bridgehead atoms. The van der Waals surface area contributed by atoms with E-state index >= 15 is 0 Å². The molecule has 1 aromatic carbocycles. The molecule has 2 aliphatic heterocycles. The predicted octanol–water partition coefficient (Wildman–Crippen LogP) is 5.18. The number of rotatable bonds is 8. The number of carboxylic acids is 1. The third-order valence-electron chi connectivity index (χ3n) is 6.78. The number of aromatic carboxylic acids is 1. The lowest BCUT2D eigenvalue weighted by atomic mass is 9.97. The van der Waals surface area contributed by atoms with Gasteiger partial charge >= 0.3 is 5.97 Å². The van der Waals surface area contributed by atoms with Crippen molar-refractivity contribution in [3.05, 3.63) is 68.9 Å². The number of likely N-dealkylation sites (tertiary alicyclic amines) is 1. The summed E-state index contributed by atoms with van der Waals surface area (Å²) in [5, 5.41) is 19.8. The van der Waals surface area contributed by atoms with Gasteiger partial charge in [0.15, 0.2) is 6.10 Å². The summed E-state index contributed by atoms with van der Waals surface area (Å²) >= 11 is 1.46. The minimum atomic E-state index is -3.03. The van der Waals surface area contributed by atoms with Crippen molar-refractivity contribution in [2.24, 2.45) is 5.16 Å². The van der Waals surface area contributed by atoms with Crippen LogP contribution in [0, 0.1) is 0 Å². The van der Waals surface area contributed by atoms with E-state index < -0.39 is 48.8 Å². The van der Waals surface area contributed by atoms with E-state index in [9.17, 15) is 32.3 Å². The number of halogens is 4. The van der Waals surface area contributed by atoms with Gasteiger partial charge in [0.05, 0.1) is 16.3 Å². The second-order valence-electron chi connectivity index (χ2n) is 9.21. The van der Waals surface area contributed by atoms with Crippen molar-refractivity contribution >= 4 is 28.9 Å². The van der Waals surface area contributed by atoms with Crippen LogP contribution in [0.1, 0.15) is 82.1 Å². The van der Waals surface area contributed by atoms with E-state index in [2.05, 4.69) is 10.3 Å². The maximum absolute atomic E-state index is 13.2. The summed E-state index contributed by atoms with van der Waals surface area (Å²) in [7, 11) is 0. The van der Waals surface area contributed by atoms with Gasteiger partial charge in [-0.1, -0.05) is 23.4 Å². The number of carboxylic acid groups (broad SMARTS) is 1. The molecule has 0 saturated carbocycles. The molecule has 39 heavy (non-hydrogen) atoms. The lowest BCUT2D eigenvalue weighted by molar-refractivity contribution is -0.133. The van der Waals surface area contributed by atoms with E-state index in [1.54, 1.807) is 18.2 Å². The van der Waals surface area contributed by atoms with Gasteiger partial charge in [-0.05, 0) is 25.0 Å². The van der Waals surface area contributed by atoms with Crippen LogP contribution in [-0.2, 0) is 16.2 Å². The van der Waals surface area contributed by atoms with Crippen LogP contribution >= 0.6 is 11.3 Å². The van der Waals surface area contributed by atoms with Crippen LogP contribution in [0.15, 0.2) is 40.9 Å². The van der Waals surface area contributed by atoms with Crippen LogP contribution in [-0.4, -0.2) is 55.4 Å². The molecule has 2 aromatic heterocycles. The molecule has 3 aromatic rings. The standard InChI is InChI=1S/C25H23F4N5O4S/c26-22(27)17-9-19(23(28)29)34(31-17)11-21(35)33-7-5-13(6-8-33)24-30-18(12-39-24)16-10-20(38-32-16)14-3-1-2-4-15(14)25(36)37/h1-4,9,12-13,20,22-23H,5-8,10-11H2,(H,36,37). The predicted molar refractivity (Wildman–Crippen MR) is 131 cm³/mol. The molecule has 5 rings (SSSR count). The Morgan fingerprint density at radius 3 is 2.56 bits per heavy atom. The van der Waals surface area contributed by atoms with Gasteiger partial charge in [-0.25, -0.2) is 27.3 Å². The summed E-state index contributed by atoms with van der Waals surface area (Å²) in [5.74, 6) is -1.43. The quantitative estimate of drug-likeness (QED) is 0.377. The number of carbonyl (C=O) groups excluding carboxylic acids is 1. The summed E-state index contributed by atoms with van der Waals surface area (Å²) in [6, 6.07) is 7.24. The van der Waals surface area contributed by atoms with Gasteiger partial charge in [-0.15, -0.1) is 11.3 Å². The Labute approximate surface area is 223 Å². The van der Waals surface area contributed by atoms with Crippen molar-refractivity contribution in [3.8, 4) is 0 Å². The normalized spacial score (nSPS) is 18.1. The molecular weight excluding hydrogens is 542 g/mol. The molecule has 1 atom stereocenters. The Balaban J connectivity index is 1.18. The van der Waals surface area contributed by atoms with Crippen molar-refractivity contribution in [2.45, 2.75) is 50.7 Å². The molecule has 206 valence electrons. The number of aromatic nitrogens is 3. The highest BCUT2D eigenvalue weighted by molar-refractivity contribution is 7.10. The molecule has 1 N–H and O–H groups in total. The highest BCUT2D eigenvalue weighted by atomic mass is 32.1. The SMILES string of the molecule is O=C(O)c1ccccc1C1CC(c2csc(C3CCN(C(=O)Cn4nc(C(F)F)cc4C(F)F)CC3)n2)=NO1. The molecule has 1 fully saturated rings. The summed E-state index contributed by atoms with van der Waals surface area (Å²) in [6.07, 6.45) is -4.99. The van der Waals surface area contributed by atoms with E-state index in [0.717, 1.165) is 5.01 Å². The van der Waals surface area contributed by atoms with Crippen molar-refractivity contribution in [1.82, 2.24) is 19.7 Å². The smallest absolute Gasteiger partial charge is 0.336 e. The third kappa shape index (κ3) is 5.65. The maximum Gasteiger partial charge on any atom is 0.336 e. The number of oxime groups is 1. The largest absolute Gasteiger partial charge is 0.478 e. The van der Waals surface area contributed by atoms with Gasteiger partial charge < -0.3 is 14.8 Å². The first-order chi connectivity index (χ1) is 18.7. The van der Waals surface area contributed by atoms with Crippen molar-refractivity contribution in [3.63, 3.8) is 0 Å². The lowest BCUT2D eigenvalue weighted by Crippen LogP contribution is -2.40. The fourth-order valence-corrected chi connectivity index (χ4v) is 5.74. The molecule has 0 radical (unpaired) electrons. The highest BCUT2D eigenvalue weighted by Crippen LogP contribution is 2.35. The average molecular weight is 566 g/mol. The van der Waals surface area contributed by atoms with Crippen molar-refractivity contribution in [2.75, 3.05) is 13.1 Å². The number of nitrogens with zero attached hydrogens (tertiary/aromatic N) is 5. The second kappa shape index (κ2) is 11.1. The number of benzene rings is 1. The van der Waals surface area contributed by atoms with E-state index in [4.69, 9.17) is 9.82 Å². The monoisotopic (exact) mass is 565 g/mol. The average Bonchev–Trinajstić information content (AvgIpc) is 3.68. The number of carbonyl (C=O) groups is 2. The zero-order chi connectivity index (χ0) is 27.7. The Bertz CT molecular complexity index is 1400. The molecule has 1 unspecified atom stereocenters. The number of hydrogen-bond donors (Lipinski definition) is 1. The fraction of sp³-hybridized carbons (Fsp3) is 0.400. The third-order valence-corrected chi connectivity index (χ3v) is 7.79. The van der Waals surface area contributed by atoms with Crippen molar-refractivity contribution < 1.29 is 37.1 Å². The molecule has 4 heterocycles. The van der Waals surface area contributed by atoms with Crippen LogP contribution in [0.5, 0.6) is 0 Å². The highest BCUT2D eigenvalue weighted by Gasteiger charge is 2.31. The van der Waals surface area contributed by atoms with Gasteiger partial charge in [0, 0.05) is 36.4 Å². The molecular formula is C25H23F4N5O4S. The van der Waals surface area contributed by atoms with Gasteiger partial charge in [-0.2, -0.15) is 5.10 Å². The molecule has 2 aliphatic rings. The van der Waals surface area contributed by atoms with Gasteiger partial charge in [0.25, 0.3) is 12.9 Å². The number of amides is 1. The van der Waals surface area contributed by atoms with Crippen LogP contribution in [0.3, 0.4) is 0 Å². The topological polar surface area (TPSA) is 110 Å². The van der Waals surface area contributed by atoms with Crippen molar-refractivity contribution in [1.29, 1.82) is 0 Å². The number of alkyl halides is 4. The summed E-state index contributed by atoms with van der Waals surface area (Å²) in [6.45, 7) is 0.192. The number of piperidine rings is 1. The Morgan fingerprint density at radius 1 is 1.13 bits per heavy atom. The fourth-order valence-electron chi connectivity index (χ4n) is 4.74. The number of hydrogen-bond acceptors (Lipinski definition) is 7. The van der Waals surface area contributed by atoms with Gasteiger partial charge in [0.2, 0.25) is 5.91 Å². The molecule has 0 spiro atoms. The molecule has 14 heteroatoms. The summed E-state index contributed by atoms with van der Waals surface area (Å²) < 4.78 is 52.9. The Hall–Kier alpha value is -3.81. The first kappa shape index (κ1) is 26.8. The minimum Gasteiger partial charge on any atom is -0.478 e. The summed E-state index contributed by atoms with van der Waals surface area (Å²) in [4.78, 5) is 36.0. The molecule has 0 aliphatic carbocycles. The first-order valence-electron chi connectivity index (χ1n) is 12.1. The summed E-state index contributed by atoms with van der Waals surface area (Å²) in [5.41, 5.74) is 0.468. The van der Waals surface area contributed by atoms with E-state index in [-0.39, 0.29) is 11.5 Å². The number of thiazole rings is 1. The Kier molecular flexibility index (Phi) is 7.64. The zero-order valence-corrected chi connectivity index (χ0v) is 21.2. The van der Waals surface area contributed by atoms with Gasteiger partial charge in [0.1, 0.15) is 23.6 Å². The van der Waals surface area contributed by atoms with E-state index in [1.807, 2.05) is 5.38 Å². The zero-order valence-electron chi connectivity index (χ0n) is 20.3. The van der Waals surface area contributed by atoms with Gasteiger partial charge in [-0.3, -0.25) is 9.48 Å². The second-order valence-corrected chi connectivity index (χ2v) is 10.1. The minimum absolute atomic E-state index is 0.0750. The van der Waals surface area contributed by atoms with Crippen LogP contribution in [0.4, 0.5) is 17.6 Å². The lowest BCUT2D eigenvalue weighted by Gasteiger charge is -2.31. The molecule has 1 saturated heterocycles. The molecule has 1 amide bonds. The van der Waals surface area contributed by atoms with Crippen LogP contribution in [0.2, 0.25) is 0 Å². The maximum atomic E-state index is 13.2. The van der Waals surface area contributed by atoms with E-state index in [0.29, 0.717) is 60.1 Å².